The molecule has 0 aromatic heterocycles. The highest BCUT2D eigenvalue weighted by Gasteiger charge is 2.34. The minimum Gasteiger partial charge on any atom is -0.339 e. The lowest BCUT2D eigenvalue weighted by molar-refractivity contribution is -0.137. The number of piperidine rings is 1. The molecule has 0 spiro atoms. The maximum Gasteiger partial charge on any atom is 0.416 e. The first kappa shape index (κ1) is 22.5. The van der Waals surface area contributed by atoms with Gasteiger partial charge in [0.05, 0.1) is 5.56 Å². The van der Waals surface area contributed by atoms with Crippen LogP contribution < -0.4 is 10.2 Å². The van der Waals surface area contributed by atoms with Crippen LogP contribution in [0.2, 0.25) is 0 Å². The predicted molar refractivity (Wildman–Crippen MR) is 103 cm³/mol. The molecule has 2 fully saturated rings. The molecule has 0 bridgehead atoms. The Bertz CT molecular complexity index is 719. The third kappa shape index (κ3) is 4.97. The van der Waals surface area contributed by atoms with Gasteiger partial charge in [-0.25, -0.2) is 0 Å². The van der Waals surface area contributed by atoms with Crippen molar-refractivity contribution >= 4 is 29.9 Å². The van der Waals surface area contributed by atoms with Crippen molar-refractivity contribution < 1.29 is 22.8 Å². The fraction of sp³-hybridized carbons (Fsp3) is 0.579. The minimum atomic E-state index is -4.58. The second-order valence-corrected chi connectivity index (χ2v) is 7.21. The Labute approximate surface area is 168 Å². The van der Waals surface area contributed by atoms with Gasteiger partial charge in [0.25, 0.3) is 5.91 Å². The largest absolute Gasteiger partial charge is 0.416 e. The molecule has 0 saturated carbocycles. The zero-order valence-electron chi connectivity index (χ0n) is 15.7. The van der Waals surface area contributed by atoms with Gasteiger partial charge in [0, 0.05) is 37.3 Å². The summed E-state index contributed by atoms with van der Waals surface area (Å²) in [5, 5.41) is 3.11. The van der Waals surface area contributed by atoms with E-state index in [-0.39, 0.29) is 29.6 Å². The number of halogens is 4. The molecule has 1 aromatic rings. The summed E-state index contributed by atoms with van der Waals surface area (Å²) in [4.78, 5) is 27.7. The van der Waals surface area contributed by atoms with Gasteiger partial charge < -0.3 is 15.1 Å². The Morgan fingerprint density at radius 3 is 2.39 bits per heavy atom. The van der Waals surface area contributed by atoms with Gasteiger partial charge in [0.1, 0.15) is 0 Å². The van der Waals surface area contributed by atoms with Crippen molar-refractivity contribution in [3.63, 3.8) is 0 Å². The van der Waals surface area contributed by atoms with Crippen LogP contribution in [0, 0.1) is 5.92 Å². The van der Waals surface area contributed by atoms with Crippen LogP contribution in [0.25, 0.3) is 0 Å². The minimum absolute atomic E-state index is 0. The molecule has 2 amide bonds. The van der Waals surface area contributed by atoms with Crippen molar-refractivity contribution in [1.82, 2.24) is 10.2 Å². The molecule has 5 nitrogen and oxygen atoms in total. The molecule has 2 heterocycles. The number of nitrogens with one attached hydrogen (secondary N) is 1. The van der Waals surface area contributed by atoms with Crippen LogP contribution in [0.4, 0.5) is 18.9 Å². The van der Waals surface area contributed by atoms with Crippen molar-refractivity contribution in [2.75, 3.05) is 38.1 Å². The lowest BCUT2D eigenvalue weighted by atomic mass is 9.96. The molecule has 0 aliphatic carbocycles. The number of hydrogen-bond acceptors (Lipinski definition) is 3. The number of carbonyl (C=O) groups is 2. The number of likely N-dealkylation sites (tertiary alicyclic amines) is 1. The maximum absolute atomic E-state index is 13.3. The van der Waals surface area contributed by atoms with E-state index < -0.39 is 17.6 Å². The highest BCUT2D eigenvalue weighted by atomic mass is 35.5. The van der Waals surface area contributed by atoms with Crippen LogP contribution in [0.3, 0.4) is 0 Å². The average Bonchev–Trinajstić information content (AvgIpc) is 3.07. The second-order valence-electron chi connectivity index (χ2n) is 7.21. The Hall–Kier alpha value is -1.80. The monoisotopic (exact) mass is 419 g/mol. The number of anilines is 1. The smallest absolute Gasteiger partial charge is 0.339 e. The zero-order valence-corrected chi connectivity index (χ0v) is 16.5. The van der Waals surface area contributed by atoms with Gasteiger partial charge in [0.15, 0.2) is 0 Å². The fourth-order valence-corrected chi connectivity index (χ4v) is 3.79. The van der Waals surface area contributed by atoms with Gasteiger partial charge in [0.2, 0.25) is 5.91 Å². The summed E-state index contributed by atoms with van der Waals surface area (Å²) in [6.07, 6.45) is -2.00. The lowest BCUT2D eigenvalue weighted by Crippen LogP contribution is -2.40. The van der Waals surface area contributed by atoms with E-state index in [9.17, 15) is 22.8 Å². The van der Waals surface area contributed by atoms with Gasteiger partial charge in [-0.15, -0.1) is 12.4 Å². The van der Waals surface area contributed by atoms with E-state index in [0.717, 1.165) is 31.5 Å². The molecule has 0 unspecified atom stereocenters. The first-order chi connectivity index (χ1) is 12.8. The summed E-state index contributed by atoms with van der Waals surface area (Å²) in [5.41, 5.74) is -0.750. The quantitative estimate of drug-likeness (QED) is 0.814. The Balaban J connectivity index is 0.00000280. The molecular formula is C19H25ClF3N3O2. The Morgan fingerprint density at radius 1 is 1.18 bits per heavy atom. The van der Waals surface area contributed by atoms with Crippen molar-refractivity contribution in [2.45, 2.75) is 31.9 Å². The summed E-state index contributed by atoms with van der Waals surface area (Å²) >= 11 is 0. The first-order valence-corrected chi connectivity index (χ1v) is 9.26. The molecule has 0 radical (unpaired) electrons. The maximum atomic E-state index is 13.3. The van der Waals surface area contributed by atoms with Crippen molar-refractivity contribution in [1.29, 1.82) is 0 Å². The number of rotatable bonds is 4. The lowest BCUT2D eigenvalue weighted by Gasteiger charge is -2.32. The molecule has 0 atom stereocenters. The number of hydrogen-bond donors (Lipinski definition) is 1. The topological polar surface area (TPSA) is 52.7 Å². The molecule has 2 aliphatic heterocycles. The molecule has 2 saturated heterocycles. The van der Waals surface area contributed by atoms with Gasteiger partial charge >= 0.3 is 6.18 Å². The highest BCUT2D eigenvalue weighted by Crippen LogP contribution is 2.34. The molecule has 9 heteroatoms. The van der Waals surface area contributed by atoms with E-state index in [2.05, 4.69) is 5.32 Å². The molecular weight excluding hydrogens is 395 g/mol. The number of amides is 2. The van der Waals surface area contributed by atoms with E-state index in [0.29, 0.717) is 38.4 Å². The van der Waals surface area contributed by atoms with E-state index in [1.165, 1.54) is 11.0 Å². The van der Waals surface area contributed by atoms with Gasteiger partial charge in [-0.05, 0) is 57.0 Å². The molecule has 1 N–H and O–H groups in total. The van der Waals surface area contributed by atoms with Crippen LogP contribution in [-0.2, 0) is 11.0 Å². The van der Waals surface area contributed by atoms with Crippen molar-refractivity contribution in [3.05, 3.63) is 29.3 Å². The summed E-state index contributed by atoms with van der Waals surface area (Å²) < 4.78 is 40.0. The van der Waals surface area contributed by atoms with Crippen molar-refractivity contribution in [3.8, 4) is 0 Å². The average molecular weight is 420 g/mol. The molecule has 2 aliphatic rings. The molecule has 28 heavy (non-hydrogen) atoms. The first-order valence-electron chi connectivity index (χ1n) is 9.26. The van der Waals surface area contributed by atoms with E-state index >= 15 is 0 Å². The number of benzene rings is 1. The predicted octanol–water partition coefficient (Wildman–Crippen LogP) is 3.33. The van der Waals surface area contributed by atoms with Crippen LogP contribution in [0.5, 0.6) is 0 Å². The number of carbonyl (C=O) groups excluding carboxylic acids is 2. The van der Waals surface area contributed by atoms with E-state index in [4.69, 9.17) is 0 Å². The van der Waals surface area contributed by atoms with E-state index in [1.807, 2.05) is 7.05 Å². The molecule has 3 rings (SSSR count). The van der Waals surface area contributed by atoms with Gasteiger partial charge in [-0.2, -0.15) is 13.2 Å². The van der Waals surface area contributed by atoms with Crippen molar-refractivity contribution in [2.24, 2.45) is 5.92 Å². The van der Waals surface area contributed by atoms with E-state index in [1.54, 1.807) is 4.90 Å². The summed E-state index contributed by atoms with van der Waals surface area (Å²) in [6, 6.07) is 3.27. The Morgan fingerprint density at radius 2 is 1.86 bits per heavy atom. The van der Waals surface area contributed by atoms with Gasteiger partial charge in [-0.1, -0.05) is 0 Å². The molecule has 156 valence electrons. The summed E-state index contributed by atoms with van der Waals surface area (Å²) in [6.45, 7) is 2.30. The van der Waals surface area contributed by atoms with Crippen LogP contribution >= 0.6 is 12.4 Å². The fourth-order valence-electron chi connectivity index (χ4n) is 3.79. The summed E-state index contributed by atoms with van der Waals surface area (Å²) in [7, 11) is 1.88. The van der Waals surface area contributed by atoms with Crippen LogP contribution in [0.1, 0.15) is 41.6 Å². The Kier molecular flexibility index (Phi) is 7.33. The zero-order chi connectivity index (χ0) is 19.6. The standard InChI is InChI=1S/C19H24F3N3O2.ClH/c1-23-12-13-4-7-24(8-5-13)18(27)14-9-15(19(20,21)22)11-16(10-14)25-6-2-3-17(25)26;/h9-11,13,23H,2-8,12H2,1H3;1H. The normalized spacial score (nSPS) is 18.4. The van der Waals surface area contributed by atoms with Gasteiger partial charge in [-0.3, -0.25) is 9.59 Å². The third-order valence-electron chi connectivity index (χ3n) is 5.27. The summed E-state index contributed by atoms with van der Waals surface area (Å²) in [5.74, 6) is -0.143. The number of nitrogens with zero attached hydrogens (tertiary/aromatic N) is 2. The second kappa shape index (κ2) is 9.13. The highest BCUT2D eigenvalue weighted by molar-refractivity contribution is 5.99. The van der Waals surface area contributed by atoms with Crippen LogP contribution in [-0.4, -0.2) is 49.9 Å². The van der Waals surface area contributed by atoms with Crippen LogP contribution in [0.15, 0.2) is 18.2 Å². The third-order valence-corrected chi connectivity index (χ3v) is 5.27. The number of alkyl halides is 3. The molecule has 1 aromatic carbocycles. The SMILES string of the molecule is CNCC1CCN(C(=O)c2cc(N3CCCC3=O)cc(C(F)(F)F)c2)CC1.Cl.